The first-order valence-corrected chi connectivity index (χ1v) is 9.94. The van der Waals surface area contributed by atoms with Crippen molar-refractivity contribution in [3.63, 3.8) is 0 Å². The number of nitrogens with zero attached hydrogens (tertiary/aromatic N) is 4. The molecule has 5 nitrogen and oxygen atoms in total. The van der Waals surface area contributed by atoms with E-state index < -0.39 is 0 Å². The molecular weight excluding hydrogens is 356 g/mol. The van der Waals surface area contributed by atoms with Gasteiger partial charge in [-0.3, -0.25) is 9.69 Å². The third-order valence-electron chi connectivity index (χ3n) is 4.95. The molecule has 0 aliphatic carbocycles. The molecule has 1 amide bonds. The maximum atomic E-state index is 12.8. The van der Waals surface area contributed by atoms with Gasteiger partial charge in [0.15, 0.2) is 5.82 Å². The van der Waals surface area contributed by atoms with Gasteiger partial charge >= 0.3 is 0 Å². The van der Waals surface area contributed by atoms with E-state index in [1.807, 2.05) is 66.0 Å². The van der Waals surface area contributed by atoms with Crippen molar-refractivity contribution >= 4 is 22.9 Å². The van der Waals surface area contributed by atoms with Crippen molar-refractivity contribution in [3.8, 4) is 10.7 Å². The first kappa shape index (κ1) is 17.8. The highest BCUT2D eigenvalue weighted by molar-refractivity contribution is 7.13. The molecule has 138 valence electrons. The second-order valence-corrected chi connectivity index (χ2v) is 7.88. The van der Waals surface area contributed by atoms with E-state index in [-0.39, 0.29) is 11.9 Å². The van der Waals surface area contributed by atoms with Gasteiger partial charge in [-0.1, -0.05) is 24.3 Å². The summed E-state index contributed by atoms with van der Waals surface area (Å²) in [5.74, 6) is 0.890. The highest BCUT2D eigenvalue weighted by Gasteiger charge is 2.30. The Morgan fingerprint density at radius 3 is 2.63 bits per heavy atom. The number of rotatable bonds is 4. The second kappa shape index (κ2) is 7.58. The zero-order valence-corrected chi connectivity index (χ0v) is 16.3. The molecule has 1 fully saturated rings. The Labute approximate surface area is 163 Å². The molecule has 1 unspecified atom stereocenters. The smallest absolute Gasteiger partial charge is 0.241 e. The van der Waals surface area contributed by atoms with E-state index >= 15 is 0 Å². The summed E-state index contributed by atoms with van der Waals surface area (Å²) in [4.78, 5) is 26.9. The van der Waals surface area contributed by atoms with Crippen molar-refractivity contribution in [1.82, 2.24) is 14.9 Å². The molecule has 0 saturated carbocycles. The zero-order valence-electron chi connectivity index (χ0n) is 15.5. The number of aromatic nitrogens is 2. The lowest BCUT2D eigenvalue weighted by Crippen LogP contribution is -2.55. The Morgan fingerprint density at radius 2 is 1.93 bits per heavy atom. The Hall–Kier alpha value is -2.57. The average molecular weight is 379 g/mol. The minimum Gasteiger partial charge on any atom is -0.309 e. The monoisotopic (exact) mass is 378 g/mol. The number of aryl methyl sites for hydroxylation is 1. The van der Waals surface area contributed by atoms with Crippen molar-refractivity contribution in [2.24, 2.45) is 0 Å². The lowest BCUT2D eigenvalue weighted by Gasteiger charge is -2.39. The van der Waals surface area contributed by atoms with Crippen LogP contribution in [0.3, 0.4) is 0 Å². The summed E-state index contributed by atoms with van der Waals surface area (Å²) in [6.07, 6.45) is 3.74. The van der Waals surface area contributed by atoms with Crippen LogP contribution in [0.5, 0.6) is 0 Å². The predicted molar refractivity (Wildman–Crippen MR) is 109 cm³/mol. The molecule has 0 bridgehead atoms. The number of carbonyl (C=O) groups is 1. The molecule has 0 spiro atoms. The van der Waals surface area contributed by atoms with Gasteiger partial charge in [-0.2, -0.15) is 0 Å². The van der Waals surface area contributed by atoms with Crippen LogP contribution in [-0.2, 0) is 11.3 Å². The molecule has 0 radical (unpaired) electrons. The van der Waals surface area contributed by atoms with Gasteiger partial charge in [0.25, 0.3) is 0 Å². The van der Waals surface area contributed by atoms with Gasteiger partial charge in [0.2, 0.25) is 5.91 Å². The first-order valence-electron chi connectivity index (χ1n) is 9.06. The summed E-state index contributed by atoms with van der Waals surface area (Å²) < 4.78 is 0. The van der Waals surface area contributed by atoms with Crippen molar-refractivity contribution in [2.75, 3.05) is 18.0 Å². The SMILES string of the molecule is Cc1ccccc1N1CC(C)N(Cc2cnc(-c3cccs3)nc2)CC1=O. The van der Waals surface area contributed by atoms with Crippen LogP contribution in [0.1, 0.15) is 18.1 Å². The molecule has 1 aliphatic rings. The average Bonchev–Trinajstić information content (AvgIpc) is 3.20. The van der Waals surface area contributed by atoms with Crippen LogP contribution in [0.4, 0.5) is 5.69 Å². The summed E-state index contributed by atoms with van der Waals surface area (Å²) in [6, 6.07) is 12.3. The van der Waals surface area contributed by atoms with Crippen molar-refractivity contribution in [1.29, 1.82) is 0 Å². The molecule has 1 saturated heterocycles. The van der Waals surface area contributed by atoms with Gasteiger partial charge in [-0.05, 0) is 36.9 Å². The van der Waals surface area contributed by atoms with Crippen LogP contribution >= 0.6 is 11.3 Å². The molecule has 3 aromatic rings. The topological polar surface area (TPSA) is 49.3 Å². The maximum Gasteiger partial charge on any atom is 0.241 e. The summed E-state index contributed by atoms with van der Waals surface area (Å²) >= 11 is 1.63. The number of benzene rings is 1. The van der Waals surface area contributed by atoms with Crippen LogP contribution in [-0.4, -0.2) is 39.9 Å². The molecule has 4 rings (SSSR count). The standard InChI is InChI=1S/C21H22N4OS/c1-15-6-3-4-7-18(15)25-12-16(2)24(14-20(25)26)13-17-10-22-21(23-11-17)19-8-5-9-27-19/h3-11,16H,12-14H2,1-2H3. The molecule has 1 aromatic carbocycles. The number of para-hydroxylation sites is 1. The van der Waals surface area contributed by atoms with Gasteiger partial charge in [-0.15, -0.1) is 11.3 Å². The van der Waals surface area contributed by atoms with Gasteiger partial charge < -0.3 is 4.90 Å². The van der Waals surface area contributed by atoms with E-state index in [1.165, 1.54) is 0 Å². The van der Waals surface area contributed by atoms with Crippen LogP contribution in [0.25, 0.3) is 10.7 Å². The molecule has 6 heteroatoms. The van der Waals surface area contributed by atoms with Crippen LogP contribution in [0.15, 0.2) is 54.2 Å². The number of hydrogen-bond acceptors (Lipinski definition) is 5. The minimum absolute atomic E-state index is 0.138. The lowest BCUT2D eigenvalue weighted by atomic mass is 10.1. The van der Waals surface area contributed by atoms with Crippen molar-refractivity contribution in [2.45, 2.75) is 26.4 Å². The van der Waals surface area contributed by atoms with Gasteiger partial charge in [0.1, 0.15) is 0 Å². The molecule has 3 heterocycles. The summed E-state index contributed by atoms with van der Waals surface area (Å²) in [7, 11) is 0. The third-order valence-corrected chi connectivity index (χ3v) is 5.81. The van der Waals surface area contributed by atoms with Crippen LogP contribution < -0.4 is 4.90 Å². The predicted octanol–water partition coefficient (Wildman–Crippen LogP) is 3.75. The lowest BCUT2D eigenvalue weighted by molar-refractivity contribution is -0.122. The number of amides is 1. The fourth-order valence-electron chi connectivity index (χ4n) is 3.41. The number of anilines is 1. The van der Waals surface area contributed by atoms with E-state index in [1.54, 1.807) is 11.3 Å². The maximum absolute atomic E-state index is 12.8. The molecular formula is C21H22N4OS. The summed E-state index contributed by atoms with van der Waals surface area (Å²) in [5, 5.41) is 2.02. The van der Waals surface area contributed by atoms with Crippen LogP contribution in [0.2, 0.25) is 0 Å². The van der Waals surface area contributed by atoms with Crippen molar-refractivity contribution < 1.29 is 4.79 Å². The van der Waals surface area contributed by atoms with Crippen LogP contribution in [0, 0.1) is 6.92 Å². The van der Waals surface area contributed by atoms with E-state index in [4.69, 9.17) is 0 Å². The highest BCUT2D eigenvalue weighted by atomic mass is 32.1. The number of piperazine rings is 1. The Bertz CT molecular complexity index is 924. The number of thiophene rings is 1. The molecule has 27 heavy (non-hydrogen) atoms. The van der Waals surface area contributed by atoms with Crippen molar-refractivity contribution in [3.05, 3.63) is 65.3 Å². The van der Waals surface area contributed by atoms with E-state index in [2.05, 4.69) is 21.8 Å². The quantitative estimate of drug-likeness (QED) is 0.694. The fraction of sp³-hybridized carbons (Fsp3) is 0.286. The van der Waals surface area contributed by atoms with Gasteiger partial charge in [-0.25, -0.2) is 9.97 Å². The number of carbonyl (C=O) groups excluding carboxylic acids is 1. The Balaban J connectivity index is 1.45. The van der Waals surface area contributed by atoms with E-state index in [9.17, 15) is 4.79 Å². The third kappa shape index (κ3) is 3.77. The highest BCUT2D eigenvalue weighted by Crippen LogP contribution is 2.25. The molecule has 0 N–H and O–H groups in total. The molecule has 2 aromatic heterocycles. The molecule has 1 aliphatic heterocycles. The Kier molecular flexibility index (Phi) is 5.01. The Morgan fingerprint density at radius 1 is 1.15 bits per heavy atom. The fourth-order valence-corrected chi connectivity index (χ4v) is 4.08. The summed E-state index contributed by atoms with van der Waals surface area (Å²) in [5.41, 5.74) is 3.17. The number of hydrogen-bond donors (Lipinski definition) is 0. The minimum atomic E-state index is 0.138. The summed E-state index contributed by atoms with van der Waals surface area (Å²) in [6.45, 7) is 5.99. The molecule has 1 atom stereocenters. The normalized spacial score (nSPS) is 18.1. The van der Waals surface area contributed by atoms with E-state index in [0.717, 1.165) is 27.5 Å². The van der Waals surface area contributed by atoms with E-state index in [0.29, 0.717) is 19.6 Å². The second-order valence-electron chi connectivity index (χ2n) is 6.94. The van der Waals surface area contributed by atoms with Gasteiger partial charge in [0.05, 0.1) is 11.4 Å². The zero-order chi connectivity index (χ0) is 18.8. The largest absolute Gasteiger partial charge is 0.309 e. The van der Waals surface area contributed by atoms with Gasteiger partial charge in [0, 0.05) is 42.8 Å². The first-order chi connectivity index (χ1) is 13.1.